The molecule has 0 unspecified atom stereocenters. The van der Waals surface area contributed by atoms with Crippen LogP contribution in [0.2, 0.25) is 0 Å². The Morgan fingerprint density at radius 3 is 2.54 bits per heavy atom. The minimum absolute atomic E-state index is 0. The molecule has 7 heteroatoms. The van der Waals surface area contributed by atoms with Gasteiger partial charge >= 0.3 is 0 Å². The number of benzene rings is 2. The lowest BCUT2D eigenvalue weighted by atomic mass is 10.1. The number of guanidine groups is 1. The number of hydrogen-bond donors (Lipinski definition) is 2. The summed E-state index contributed by atoms with van der Waals surface area (Å²) in [5, 5.41) is 10.2. The van der Waals surface area contributed by atoms with Crippen LogP contribution in [0.4, 0.5) is 0 Å². The molecule has 6 nitrogen and oxygen atoms in total. The molecule has 2 aromatic carbocycles. The van der Waals surface area contributed by atoms with Gasteiger partial charge in [0.25, 0.3) is 0 Å². The minimum Gasteiger partial charge on any atom is -0.352 e. The molecular weight excluding hydrogens is 439 g/mol. The molecule has 0 radical (unpaired) electrons. The highest BCUT2D eigenvalue weighted by Crippen LogP contribution is 2.16. The summed E-state index contributed by atoms with van der Waals surface area (Å²) in [5.74, 6) is 1.62. The quantitative estimate of drug-likeness (QED) is 0.347. The minimum atomic E-state index is 0. The van der Waals surface area contributed by atoms with Crippen LogP contribution in [0.5, 0.6) is 0 Å². The highest BCUT2D eigenvalue weighted by Gasteiger charge is 2.04. The van der Waals surface area contributed by atoms with E-state index in [1.54, 1.807) is 0 Å². The maximum absolute atomic E-state index is 4.72. The molecular formula is C19H23IN6. The molecule has 3 aromatic rings. The summed E-state index contributed by atoms with van der Waals surface area (Å²) in [7, 11) is 3.98. The molecule has 1 heterocycles. The molecule has 0 aliphatic heterocycles. The van der Waals surface area contributed by atoms with Gasteiger partial charge in [-0.1, -0.05) is 48.5 Å². The van der Waals surface area contributed by atoms with Crippen molar-refractivity contribution in [3.63, 3.8) is 0 Å². The van der Waals surface area contributed by atoms with Gasteiger partial charge < -0.3 is 10.2 Å². The molecule has 136 valence electrons. The van der Waals surface area contributed by atoms with Crippen molar-refractivity contribution in [3.05, 3.63) is 72.1 Å². The summed E-state index contributed by atoms with van der Waals surface area (Å²) in [4.78, 5) is 10.9. The van der Waals surface area contributed by atoms with Gasteiger partial charge in [-0.05, 0) is 17.2 Å². The van der Waals surface area contributed by atoms with E-state index in [0.29, 0.717) is 6.54 Å². The van der Waals surface area contributed by atoms with Crippen LogP contribution in [-0.2, 0) is 13.1 Å². The highest BCUT2D eigenvalue weighted by molar-refractivity contribution is 14.0. The van der Waals surface area contributed by atoms with Crippen molar-refractivity contribution in [2.24, 2.45) is 4.99 Å². The van der Waals surface area contributed by atoms with Gasteiger partial charge in [-0.2, -0.15) is 5.10 Å². The zero-order valence-electron chi connectivity index (χ0n) is 14.9. The van der Waals surface area contributed by atoms with E-state index in [9.17, 15) is 0 Å². The number of aromatic nitrogens is 3. The largest absolute Gasteiger partial charge is 0.352 e. The molecule has 0 amide bonds. The smallest absolute Gasteiger partial charge is 0.194 e. The number of rotatable bonds is 5. The Bertz CT molecular complexity index is 815. The van der Waals surface area contributed by atoms with E-state index >= 15 is 0 Å². The first-order valence-corrected chi connectivity index (χ1v) is 8.16. The van der Waals surface area contributed by atoms with E-state index in [1.165, 1.54) is 11.9 Å². The van der Waals surface area contributed by atoms with Crippen molar-refractivity contribution in [2.45, 2.75) is 13.1 Å². The summed E-state index contributed by atoms with van der Waals surface area (Å²) >= 11 is 0. The Kier molecular flexibility index (Phi) is 7.58. The van der Waals surface area contributed by atoms with E-state index in [4.69, 9.17) is 4.99 Å². The predicted octanol–water partition coefficient (Wildman–Crippen LogP) is 3.30. The van der Waals surface area contributed by atoms with Crippen LogP contribution in [0.1, 0.15) is 11.1 Å². The standard InChI is InChI=1S/C19H22N6.HI/c1-25(2)19(20-12-15-7-4-3-5-8-15)21-13-16-9-6-10-17(11-16)18-22-14-23-24-18;/h3-11,14H,12-13H2,1-2H3,(H,20,21)(H,22,23,24);1H. The highest BCUT2D eigenvalue weighted by atomic mass is 127. The summed E-state index contributed by atoms with van der Waals surface area (Å²) in [6, 6.07) is 18.5. The molecule has 1 aromatic heterocycles. The molecule has 26 heavy (non-hydrogen) atoms. The first kappa shape index (κ1) is 19.9. The predicted molar refractivity (Wildman–Crippen MR) is 115 cm³/mol. The van der Waals surface area contributed by atoms with E-state index < -0.39 is 0 Å². The normalized spacial score (nSPS) is 10.9. The van der Waals surface area contributed by atoms with Crippen molar-refractivity contribution >= 4 is 29.9 Å². The Morgan fingerprint density at radius 1 is 1.08 bits per heavy atom. The van der Waals surface area contributed by atoms with Crippen LogP contribution in [0.3, 0.4) is 0 Å². The zero-order chi connectivity index (χ0) is 17.5. The third-order valence-electron chi connectivity index (χ3n) is 3.74. The second kappa shape index (κ2) is 9.91. The summed E-state index contributed by atoms with van der Waals surface area (Å²) in [5.41, 5.74) is 3.35. The molecule has 2 N–H and O–H groups in total. The Balaban J connectivity index is 0.00000243. The summed E-state index contributed by atoms with van der Waals surface area (Å²) in [6.45, 7) is 1.34. The van der Waals surface area contributed by atoms with Crippen LogP contribution in [0.15, 0.2) is 65.9 Å². The van der Waals surface area contributed by atoms with E-state index in [0.717, 1.165) is 29.5 Å². The molecule has 0 spiro atoms. The molecule has 0 atom stereocenters. The van der Waals surface area contributed by atoms with Gasteiger partial charge in [-0.3, -0.25) is 5.10 Å². The number of hydrogen-bond acceptors (Lipinski definition) is 3. The second-order valence-corrected chi connectivity index (χ2v) is 5.91. The van der Waals surface area contributed by atoms with Gasteiger partial charge in [0, 0.05) is 26.2 Å². The maximum Gasteiger partial charge on any atom is 0.194 e. The van der Waals surface area contributed by atoms with E-state index in [-0.39, 0.29) is 24.0 Å². The average Bonchev–Trinajstić information content (AvgIpc) is 3.17. The lowest BCUT2D eigenvalue weighted by Crippen LogP contribution is -2.36. The first-order valence-electron chi connectivity index (χ1n) is 8.16. The zero-order valence-corrected chi connectivity index (χ0v) is 17.2. The number of H-pyrrole nitrogens is 1. The van der Waals surface area contributed by atoms with Crippen LogP contribution < -0.4 is 5.32 Å². The fourth-order valence-corrected chi connectivity index (χ4v) is 2.46. The monoisotopic (exact) mass is 462 g/mol. The number of nitrogens with one attached hydrogen (secondary N) is 2. The average molecular weight is 462 g/mol. The van der Waals surface area contributed by atoms with Crippen molar-refractivity contribution in [1.82, 2.24) is 25.4 Å². The number of aromatic amines is 1. The van der Waals surface area contributed by atoms with Crippen LogP contribution in [-0.4, -0.2) is 40.1 Å². The van der Waals surface area contributed by atoms with Crippen molar-refractivity contribution in [2.75, 3.05) is 14.1 Å². The molecule has 0 aliphatic rings. The van der Waals surface area contributed by atoms with Gasteiger partial charge in [0.2, 0.25) is 0 Å². The third-order valence-corrected chi connectivity index (χ3v) is 3.74. The number of halogens is 1. The van der Waals surface area contributed by atoms with Gasteiger partial charge in [0.15, 0.2) is 11.8 Å². The number of aliphatic imine (C=N–C) groups is 1. The van der Waals surface area contributed by atoms with Gasteiger partial charge in [0.1, 0.15) is 6.33 Å². The molecule has 0 aliphatic carbocycles. The SMILES string of the molecule is CN(C)C(=NCc1cccc(-c2ncn[nH]2)c1)NCc1ccccc1.I. The summed E-state index contributed by atoms with van der Waals surface area (Å²) < 4.78 is 0. The van der Waals surface area contributed by atoms with Gasteiger partial charge in [-0.25, -0.2) is 9.98 Å². The van der Waals surface area contributed by atoms with Gasteiger partial charge in [0.05, 0.1) is 6.54 Å². The lowest BCUT2D eigenvalue weighted by Gasteiger charge is -2.17. The fourth-order valence-electron chi connectivity index (χ4n) is 2.46. The second-order valence-electron chi connectivity index (χ2n) is 5.91. The van der Waals surface area contributed by atoms with E-state index in [2.05, 4.69) is 44.8 Å². The van der Waals surface area contributed by atoms with Crippen molar-refractivity contribution in [3.8, 4) is 11.4 Å². The Morgan fingerprint density at radius 2 is 1.85 bits per heavy atom. The Hall–Kier alpha value is -2.42. The third kappa shape index (κ3) is 5.55. The van der Waals surface area contributed by atoms with Crippen LogP contribution in [0, 0.1) is 0 Å². The number of nitrogens with zero attached hydrogens (tertiary/aromatic N) is 4. The Labute approximate surface area is 170 Å². The molecule has 0 bridgehead atoms. The van der Waals surface area contributed by atoms with Crippen LogP contribution >= 0.6 is 24.0 Å². The maximum atomic E-state index is 4.72. The molecule has 0 saturated carbocycles. The van der Waals surface area contributed by atoms with E-state index in [1.807, 2.05) is 49.3 Å². The molecule has 3 rings (SSSR count). The molecule has 0 fully saturated rings. The van der Waals surface area contributed by atoms with Gasteiger partial charge in [-0.15, -0.1) is 24.0 Å². The summed E-state index contributed by atoms with van der Waals surface area (Å²) in [6.07, 6.45) is 1.51. The van der Waals surface area contributed by atoms with Crippen molar-refractivity contribution in [1.29, 1.82) is 0 Å². The topological polar surface area (TPSA) is 69.2 Å². The van der Waals surface area contributed by atoms with Crippen LogP contribution in [0.25, 0.3) is 11.4 Å². The lowest BCUT2D eigenvalue weighted by molar-refractivity contribution is 0.578. The fraction of sp³-hybridized carbons (Fsp3) is 0.211. The molecule has 0 saturated heterocycles. The first-order chi connectivity index (χ1) is 12.2. The van der Waals surface area contributed by atoms with Crippen molar-refractivity contribution < 1.29 is 0 Å².